The number of aromatic nitrogens is 1. The molecule has 0 atom stereocenters. The predicted octanol–water partition coefficient (Wildman–Crippen LogP) is 3.53. The third kappa shape index (κ3) is 5.07. The summed E-state index contributed by atoms with van der Waals surface area (Å²) in [5.74, 6) is 0.871. The maximum Gasteiger partial charge on any atom is 0.140 e. The summed E-state index contributed by atoms with van der Waals surface area (Å²) in [6, 6.07) is 6.06. The minimum Gasteiger partial charge on any atom is -0.485 e. The second kappa shape index (κ2) is 8.48. The molecule has 0 radical (unpaired) electrons. The van der Waals surface area contributed by atoms with Crippen molar-refractivity contribution < 1.29 is 9.47 Å². The summed E-state index contributed by atoms with van der Waals surface area (Å²) in [7, 11) is 1.70. The lowest BCUT2D eigenvalue weighted by molar-refractivity contribution is 0.199. The summed E-state index contributed by atoms with van der Waals surface area (Å²) >= 11 is 5.18. The molecule has 1 heterocycles. The van der Waals surface area contributed by atoms with E-state index in [0.29, 0.717) is 13.2 Å². The molecule has 2 rings (SSSR count). The fourth-order valence-corrected chi connectivity index (χ4v) is 3.06. The van der Waals surface area contributed by atoms with Crippen molar-refractivity contribution in [3.63, 3.8) is 0 Å². The number of ether oxygens (including phenoxy) is 2. The third-order valence-electron chi connectivity index (χ3n) is 2.85. The van der Waals surface area contributed by atoms with Crippen molar-refractivity contribution in [2.75, 3.05) is 20.3 Å². The van der Waals surface area contributed by atoms with Gasteiger partial charge in [-0.15, -0.1) is 11.3 Å². The second-order valence-corrected chi connectivity index (χ2v) is 6.37. The Labute approximate surface area is 137 Å². The van der Waals surface area contributed by atoms with E-state index in [1.54, 1.807) is 18.4 Å². The van der Waals surface area contributed by atoms with Crippen LogP contribution < -0.4 is 10.1 Å². The molecular formula is C15H19BrN2O2S. The molecule has 21 heavy (non-hydrogen) atoms. The van der Waals surface area contributed by atoms with Gasteiger partial charge in [0.05, 0.1) is 11.1 Å². The zero-order valence-electron chi connectivity index (χ0n) is 12.2. The predicted molar refractivity (Wildman–Crippen MR) is 88.9 cm³/mol. The van der Waals surface area contributed by atoms with Crippen LogP contribution in [0.5, 0.6) is 5.75 Å². The van der Waals surface area contributed by atoms with Crippen LogP contribution in [-0.4, -0.2) is 25.2 Å². The summed E-state index contributed by atoms with van der Waals surface area (Å²) < 4.78 is 11.9. The van der Waals surface area contributed by atoms with Gasteiger partial charge >= 0.3 is 0 Å². The fraction of sp³-hybridized carbons (Fsp3) is 0.400. The Hall–Kier alpha value is -0.950. The number of benzene rings is 1. The monoisotopic (exact) mass is 370 g/mol. The van der Waals surface area contributed by atoms with Gasteiger partial charge in [0.15, 0.2) is 0 Å². The van der Waals surface area contributed by atoms with Crippen molar-refractivity contribution in [3.8, 4) is 5.75 Å². The summed E-state index contributed by atoms with van der Waals surface area (Å²) in [5, 5.41) is 6.35. The zero-order valence-corrected chi connectivity index (χ0v) is 14.6. The molecule has 114 valence electrons. The Morgan fingerprint density at radius 1 is 1.38 bits per heavy atom. The lowest BCUT2D eigenvalue weighted by Crippen LogP contribution is -2.19. The van der Waals surface area contributed by atoms with Gasteiger partial charge < -0.3 is 14.8 Å². The molecule has 2 aromatic rings. The Bertz CT molecular complexity index is 575. The minimum atomic E-state index is 0.492. The highest BCUT2D eigenvalue weighted by Crippen LogP contribution is 2.30. The number of thiazole rings is 1. The van der Waals surface area contributed by atoms with Gasteiger partial charge in [-0.25, -0.2) is 4.98 Å². The van der Waals surface area contributed by atoms with Gasteiger partial charge in [0.2, 0.25) is 0 Å². The van der Waals surface area contributed by atoms with Crippen molar-refractivity contribution in [2.24, 2.45) is 0 Å². The number of nitrogens with zero attached hydrogens (tertiary/aromatic N) is 1. The van der Waals surface area contributed by atoms with Crippen molar-refractivity contribution >= 4 is 27.3 Å². The quantitative estimate of drug-likeness (QED) is 0.721. The Kier molecular flexibility index (Phi) is 6.63. The molecule has 1 aromatic carbocycles. The fourth-order valence-electron chi connectivity index (χ4n) is 1.85. The number of aryl methyl sites for hydroxylation is 1. The van der Waals surface area contributed by atoms with Crippen LogP contribution in [0.1, 0.15) is 16.3 Å². The van der Waals surface area contributed by atoms with E-state index in [1.165, 1.54) is 0 Å². The lowest BCUT2D eigenvalue weighted by Gasteiger charge is -2.13. The topological polar surface area (TPSA) is 43.4 Å². The van der Waals surface area contributed by atoms with Crippen LogP contribution in [0.15, 0.2) is 28.1 Å². The molecule has 1 N–H and O–H groups in total. The average Bonchev–Trinajstić information content (AvgIpc) is 2.88. The number of rotatable bonds is 8. The molecule has 0 aliphatic rings. The van der Waals surface area contributed by atoms with E-state index in [0.717, 1.165) is 39.6 Å². The summed E-state index contributed by atoms with van der Waals surface area (Å²) in [4.78, 5) is 4.42. The molecule has 0 saturated heterocycles. The molecule has 0 bridgehead atoms. The Morgan fingerprint density at radius 2 is 2.24 bits per heavy atom. The van der Waals surface area contributed by atoms with Gasteiger partial charge in [-0.1, -0.05) is 12.1 Å². The van der Waals surface area contributed by atoms with E-state index >= 15 is 0 Å². The maximum atomic E-state index is 5.95. The van der Waals surface area contributed by atoms with Crippen LogP contribution in [0.4, 0.5) is 0 Å². The van der Waals surface area contributed by atoms with Crippen LogP contribution in [0.3, 0.4) is 0 Å². The minimum absolute atomic E-state index is 0.492. The first-order chi connectivity index (χ1) is 10.2. The Morgan fingerprint density at radius 3 is 2.95 bits per heavy atom. The number of hydrogen-bond donors (Lipinski definition) is 1. The largest absolute Gasteiger partial charge is 0.485 e. The van der Waals surface area contributed by atoms with Crippen molar-refractivity contribution in [1.29, 1.82) is 0 Å². The number of hydrogen-bond acceptors (Lipinski definition) is 5. The van der Waals surface area contributed by atoms with Crippen LogP contribution in [0, 0.1) is 6.92 Å². The summed E-state index contributed by atoms with van der Waals surface area (Å²) in [5.41, 5.74) is 2.15. The molecule has 0 unspecified atom stereocenters. The molecule has 6 heteroatoms. The maximum absolute atomic E-state index is 5.95. The van der Waals surface area contributed by atoms with Gasteiger partial charge in [-0.2, -0.15) is 0 Å². The lowest BCUT2D eigenvalue weighted by atomic mass is 10.2. The highest BCUT2D eigenvalue weighted by molar-refractivity contribution is 9.10. The number of halogens is 1. The van der Waals surface area contributed by atoms with Crippen molar-refractivity contribution in [2.45, 2.75) is 20.1 Å². The normalized spacial score (nSPS) is 10.8. The highest BCUT2D eigenvalue weighted by Gasteiger charge is 2.09. The van der Waals surface area contributed by atoms with E-state index in [9.17, 15) is 0 Å². The first-order valence-corrected chi connectivity index (χ1v) is 8.39. The van der Waals surface area contributed by atoms with E-state index in [1.807, 2.05) is 24.4 Å². The molecule has 0 spiro atoms. The van der Waals surface area contributed by atoms with E-state index in [2.05, 4.69) is 32.3 Å². The van der Waals surface area contributed by atoms with Crippen molar-refractivity contribution in [3.05, 3.63) is 44.3 Å². The van der Waals surface area contributed by atoms with E-state index in [-0.39, 0.29) is 0 Å². The zero-order chi connectivity index (χ0) is 15.1. The van der Waals surface area contributed by atoms with Crippen molar-refractivity contribution in [1.82, 2.24) is 10.3 Å². The van der Waals surface area contributed by atoms with Crippen LogP contribution in [0.2, 0.25) is 0 Å². The average molecular weight is 371 g/mol. The Balaban J connectivity index is 1.99. The second-order valence-electron chi connectivity index (χ2n) is 4.57. The molecule has 0 saturated carbocycles. The SMILES string of the molecule is COCCNCc1cccc(Br)c1OCc1nc(C)cs1. The van der Waals surface area contributed by atoms with Gasteiger partial charge in [0.25, 0.3) is 0 Å². The molecule has 0 aliphatic heterocycles. The number of methoxy groups -OCH3 is 1. The van der Waals surface area contributed by atoms with E-state index < -0.39 is 0 Å². The highest BCUT2D eigenvalue weighted by atomic mass is 79.9. The third-order valence-corrected chi connectivity index (χ3v) is 4.42. The first-order valence-electron chi connectivity index (χ1n) is 6.71. The number of nitrogens with one attached hydrogen (secondary N) is 1. The van der Waals surface area contributed by atoms with Crippen LogP contribution >= 0.6 is 27.3 Å². The molecule has 0 amide bonds. The van der Waals surface area contributed by atoms with Crippen LogP contribution in [0.25, 0.3) is 0 Å². The smallest absolute Gasteiger partial charge is 0.140 e. The molecule has 0 aliphatic carbocycles. The molecular weight excluding hydrogens is 352 g/mol. The summed E-state index contributed by atoms with van der Waals surface area (Å²) in [6.45, 7) is 4.74. The molecule has 4 nitrogen and oxygen atoms in total. The van der Waals surface area contributed by atoms with Crippen LogP contribution in [-0.2, 0) is 17.9 Å². The molecule has 0 fully saturated rings. The van der Waals surface area contributed by atoms with Gasteiger partial charge in [-0.3, -0.25) is 0 Å². The van der Waals surface area contributed by atoms with E-state index in [4.69, 9.17) is 9.47 Å². The standard InChI is InChI=1S/C15H19BrN2O2S/c1-11-10-21-14(18-11)9-20-15-12(4-3-5-13(15)16)8-17-6-7-19-2/h3-5,10,17H,6-9H2,1-2H3. The molecule has 1 aromatic heterocycles. The van der Waals surface area contributed by atoms with Gasteiger partial charge in [0.1, 0.15) is 17.4 Å². The summed E-state index contributed by atoms with van der Waals surface area (Å²) in [6.07, 6.45) is 0. The first kappa shape index (κ1) is 16.4. The number of para-hydroxylation sites is 1. The van der Waals surface area contributed by atoms with Gasteiger partial charge in [-0.05, 0) is 28.9 Å². The van der Waals surface area contributed by atoms with Gasteiger partial charge in [0, 0.05) is 36.8 Å².